The summed E-state index contributed by atoms with van der Waals surface area (Å²) in [6.07, 6.45) is 0. The molecule has 0 aliphatic carbocycles. The lowest BCUT2D eigenvalue weighted by Gasteiger charge is -2.20. The van der Waals surface area contributed by atoms with Crippen molar-refractivity contribution in [3.63, 3.8) is 0 Å². The van der Waals surface area contributed by atoms with Crippen LogP contribution in [0.25, 0.3) is 11.4 Å². The van der Waals surface area contributed by atoms with Crippen molar-refractivity contribution in [2.45, 2.75) is 19.9 Å². The average molecular weight is 351 g/mol. The van der Waals surface area contributed by atoms with Gasteiger partial charge in [-0.3, -0.25) is 10.1 Å². The maximum Gasteiger partial charge on any atom is 0.245 e. The smallest absolute Gasteiger partial charge is 0.245 e. The Kier molecular flexibility index (Phi) is 3.77. The van der Waals surface area contributed by atoms with Gasteiger partial charge in [-0.1, -0.05) is 21.1 Å². The second-order valence-electron chi connectivity index (χ2n) is 5.12. The van der Waals surface area contributed by atoms with Gasteiger partial charge < -0.3 is 9.84 Å². The number of nitrogens with zero attached hydrogens (tertiary/aromatic N) is 2. The Balaban J connectivity index is 1.86. The third kappa shape index (κ3) is 2.84. The first-order valence-electron chi connectivity index (χ1n) is 6.65. The summed E-state index contributed by atoms with van der Waals surface area (Å²) in [5.41, 5.74) is 3.17. The second kappa shape index (κ2) is 5.57. The van der Waals surface area contributed by atoms with Gasteiger partial charge in [0.25, 0.3) is 0 Å². The van der Waals surface area contributed by atoms with Gasteiger partial charge in [-0.05, 0) is 37.1 Å². The van der Waals surface area contributed by atoms with Gasteiger partial charge in [0, 0.05) is 16.6 Å². The van der Waals surface area contributed by atoms with Crippen molar-refractivity contribution in [1.82, 2.24) is 20.8 Å². The summed E-state index contributed by atoms with van der Waals surface area (Å²) >= 11 is 3.54. The zero-order valence-electron chi connectivity index (χ0n) is 11.7. The van der Waals surface area contributed by atoms with E-state index in [4.69, 9.17) is 4.52 Å². The molecular weight excluding hydrogens is 336 g/mol. The van der Waals surface area contributed by atoms with Crippen LogP contribution in [0.3, 0.4) is 0 Å². The Morgan fingerprint density at radius 2 is 2.05 bits per heavy atom. The van der Waals surface area contributed by atoms with Crippen LogP contribution in [0.15, 0.2) is 21.1 Å². The minimum atomic E-state index is -0.137. The van der Waals surface area contributed by atoms with E-state index >= 15 is 0 Å². The molecule has 0 bridgehead atoms. The molecule has 0 saturated carbocycles. The van der Waals surface area contributed by atoms with E-state index in [0.717, 1.165) is 21.2 Å². The lowest BCUT2D eigenvalue weighted by molar-refractivity contribution is -0.121. The summed E-state index contributed by atoms with van der Waals surface area (Å²) < 4.78 is 6.41. The van der Waals surface area contributed by atoms with Crippen LogP contribution in [0.4, 0.5) is 0 Å². The minimum absolute atomic E-state index is 0.0230. The summed E-state index contributed by atoms with van der Waals surface area (Å²) in [5, 5.41) is 9.87. The lowest BCUT2D eigenvalue weighted by atomic mass is 10.1. The molecule has 1 fully saturated rings. The molecule has 0 spiro atoms. The fourth-order valence-corrected chi connectivity index (χ4v) is 2.54. The van der Waals surface area contributed by atoms with Gasteiger partial charge in [0.1, 0.15) is 6.04 Å². The highest BCUT2D eigenvalue weighted by Crippen LogP contribution is 2.27. The van der Waals surface area contributed by atoms with E-state index in [-0.39, 0.29) is 18.5 Å². The molecule has 2 heterocycles. The summed E-state index contributed by atoms with van der Waals surface area (Å²) in [4.78, 5) is 15.6. The summed E-state index contributed by atoms with van der Waals surface area (Å²) in [5.74, 6) is 1.02. The molecule has 1 unspecified atom stereocenters. The van der Waals surface area contributed by atoms with Crippen LogP contribution in [-0.2, 0) is 4.79 Å². The van der Waals surface area contributed by atoms with Gasteiger partial charge >= 0.3 is 0 Å². The highest BCUT2D eigenvalue weighted by Gasteiger charge is 2.24. The van der Waals surface area contributed by atoms with Crippen LogP contribution >= 0.6 is 15.9 Å². The first-order valence-corrected chi connectivity index (χ1v) is 7.44. The third-order valence-electron chi connectivity index (χ3n) is 3.45. The SMILES string of the molecule is Cc1cc(-c2noc(C3CNC(=O)CN3)n2)cc(C)c1Br. The molecule has 1 amide bonds. The highest BCUT2D eigenvalue weighted by atomic mass is 79.9. The average Bonchev–Trinajstić information content (AvgIpc) is 2.95. The van der Waals surface area contributed by atoms with E-state index in [1.54, 1.807) is 0 Å². The van der Waals surface area contributed by atoms with Gasteiger partial charge in [-0.2, -0.15) is 4.98 Å². The fraction of sp³-hybridized carbons (Fsp3) is 0.357. The highest BCUT2D eigenvalue weighted by molar-refractivity contribution is 9.10. The lowest BCUT2D eigenvalue weighted by Crippen LogP contribution is -2.47. The van der Waals surface area contributed by atoms with Gasteiger partial charge in [-0.25, -0.2) is 0 Å². The van der Waals surface area contributed by atoms with Crippen LogP contribution in [0.1, 0.15) is 23.1 Å². The van der Waals surface area contributed by atoms with Crippen molar-refractivity contribution in [2.24, 2.45) is 0 Å². The molecule has 2 N–H and O–H groups in total. The van der Waals surface area contributed by atoms with Gasteiger partial charge in [0.05, 0.1) is 6.54 Å². The normalized spacial score (nSPS) is 18.6. The predicted molar refractivity (Wildman–Crippen MR) is 80.7 cm³/mol. The van der Waals surface area contributed by atoms with Crippen molar-refractivity contribution in [3.8, 4) is 11.4 Å². The monoisotopic (exact) mass is 350 g/mol. The van der Waals surface area contributed by atoms with Crippen molar-refractivity contribution in [2.75, 3.05) is 13.1 Å². The Hall–Kier alpha value is -1.73. The number of benzene rings is 1. The van der Waals surface area contributed by atoms with Crippen LogP contribution < -0.4 is 10.6 Å². The second-order valence-corrected chi connectivity index (χ2v) is 5.91. The molecule has 1 aliphatic rings. The van der Waals surface area contributed by atoms with E-state index < -0.39 is 0 Å². The topological polar surface area (TPSA) is 80.0 Å². The quantitative estimate of drug-likeness (QED) is 0.864. The Morgan fingerprint density at radius 1 is 1.33 bits per heavy atom. The first kappa shape index (κ1) is 14.2. The number of halogens is 1. The first-order chi connectivity index (χ1) is 10.0. The van der Waals surface area contributed by atoms with Crippen molar-refractivity contribution < 1.29 is 9.32 Å². The molecule has 3 rings (SSSR count). The molecule has 1 saturated heterocycles. The number of aryl methyl sites for hydroxylation is 2. The number of hydrogen-bond acceptors (Lipinski definition) is 5. The molecule has 0 radical (unpaired) electrons. The summed E-state index contributed by atoms with van der Waals surface area (Å²) in [6, 6.07) is 3.89. The molecule has 1 aromatic carbocycles. The van der Waals surface area contributed by atoms with Gasteiger partial charge in [-0.15, -0.1) is 0 Å². The number of aromatic nitrogens is 2. The maximum absolute atomic E-state index is 11.1. The van der Waals surface area contributed by atoms with Crippen LogP contribution in [0.2, 0.25) is 0 Å². The summed E-state index contributed by atoms with van der Waals surface area (Å²) in [7, 11) is 0. The van der Waals surface area contributed by atoms with Crippen LogP contribution in [-0.4, -0.2) is 29.1 Å². The Labute approximate surface area is 130 Å². The Bertz CT molecular complexity index is 665. The zero-order chi connectivity index (χ0) is 15.0. The number of carbonyl (C=O) groups excluding carboxylic acids is 1. The van der Waals surface area contributed by atoms with Crippen LogP contribution in [0, 0.1) is 13.8 Å². The van der Waals surface area contributed by atoms with Gasteiger partial charge in [0.2, 0.25) is 17.6 Å². The molecule has 110 valence electrons. The predicted octanol–water partition coefficient (Wildman–Crippen LogP) is 1.88. The fourth-order valence-electron chi connectivity index (χ4n) is 2.31. The number of carbonyl (C=O) groups is 1. The maximum atomic E-state index is 11.1. The number of nitrogens with one attached hydrogen (secondary N) is 2. The number of rotatable bonds is 2. The number of hydrogen-bond donors (Lipinski definition) is 2. The standard InChI is InChI=1S/C14H15BrN4O2/c1-7-3-9(4-8(2)12(7)15)13-18-14(21-19-13)10-5-17-11(20)6-16-10/h3-4,10,16H,5-6H2,1-2H3,(H,17,20). The van der Waals surface area contributed by atoms with E-state index in [1.165, 1.54) is 0 Å². The molecule has 6 nitrogen and oxygen atoms in total. The molecular formula is C14H15BrN4O2. The molecule has 1 aliphatic heterocycles. The number of amides is 1. The van der Waals surface area contributed by atoms with Crippen LogP contribution in [0.5, 0.6) is 0 Å². The van der Waals surface area contributed by atoms with E-state index in [9.17, 15) is 4.79 Å². The Morgan fingerprint density at radius 3 is 2.67 bits per heavy atom. The van der Waals surface area contributed by atoms with E-state index in [0.29, 0.717) is 18.3 Å². The zero-order valence-corrected chi connectivity index (χ0v) is 13.3. The minimum Gasteiger partial charge on any atom is -0.353 e. The van der Waals surface area contributed by atoms with E-state index in [1.807, 2.05) is 26.0 Å². The summed E-state index contributed by atoms with van der Waals surface area (Å²) in [6.45, 7) is 4.78. The van der Waals surface area contributed by atoms with Crippen molar-refractivity contribution >= 4 is 21.8 Å². The molecule has 2 aromatic rings. The van der Waals surface area contributed by atoms with E-state index in [2.05, 4.69) is 36.7 Å². The van der Waals surface area contributed by atoms with Gasteiger partial charge in [0.15, 0.2) is 0 Å². The molecule has 21 heavy (non-hydrogen) atoms. The molecule has 1 aromatic heterocycles. The van der Waals surface area contributed by atoms with Crippen molar-refractivity contribution in [3.05, 3.63) is 33.6 Å². The number of piperazine rings is 1. The van der Waals surface area contributed by atoms with Crippen molar-refractivity contribution in [1.29, 1.82) is 0 Å². The molecule has 7 heteroatoms. The largest absolute Gasteiger partial charge is 0.353 e. The molecule has 1 atom stereocenters. The third-order valence-corrected chi connectivity index (χ3v) is 4.70.